The molecule has 2 rings (SSSR count). The van der Waals surface area contributed by atoms with Gasteiger partial charge in [0.1, 0.15) is 47.8 Å². The second kappa shape index (κ2) is 32.9. The monoisotopic (exact) mass is 1050 g/mol. The molecule has 0 aliphatic heterocycles. The van der Waals surface area contributed by atoms with Gasteiger partial charge in [-0.05, 0) is 92.8 Å². The average molecular weight is 1050 g/mol. The molecule has 0 unspecified atom stereocenters. The van der Waals surface area contributed by atoms with Crippen molar-refractivity contribution in [3.63, 3.8) is 0 Å². The third-order valence-electron chi connectivity index (χ3n) is 10.9. The van der Waals surface area contributed by atoms with Crippen LogP contribution in [0.5, 0.6) is 11.5 Å². The molecule has 0 saturated carbocycles. The number of carboxylic acids is 1. The first-order valence-electron chi connectivity index (χ1n) is 23.4. The summed E-state index contributed by atoms with van der Waals surface area (Å²) in [6.45, 7) is 5.36. The smallest absolute Gasteiger partial charge is 0.490 e. The highest BCUT2D eigenvalue weighted by Gasteiger charge is 2.38. The van der Waals surface area contributed by atoms with E-state index in [4.69, 9.17) is 44.3 Å². The molecule has 0 aliphatic rings. The molecule has 0 aromatic heterocycles. The zero-order valence-electron chi connectivity index (χ0n) is 41.5. The van der Waals surface area contributed by atoms with Crippen LogP contribution in [0, 0.1) is 5.92 Å². The molecule has 28 heteroatoms. The number of nitrogens with zero attached hydrogens (tertiary/aromatic N) is 2. The fraction of sp³-hybridized carbons (Fsp3) is 0.522. The minimum Gasteiger partial charge on any atom is -0.508 e. The molecule has 2 aromatic carbocycles. The number of nitrogens with one attached hydrogen (secondary N) is 6. The molecule has 25 nitrogen and oxygen atoms in total. The SMILES string of the molecule is CC[C@H](C)[C@H](NC(=O)[C@H](CCCN=C(N)N)NC(=O)[C@H](Cc1ccc(O)cc1)NC(=O)[C@H](Cc1ccc(O)cc1)NC(=O)[C@H](CCCN=C(N)N)NC(C)=O)C(=O)N[C@@H](CCCCN)C(N)=O.O=C(O)C(F)(F)F. The molecular weight excluding hydrogens is 982 g/mol. The van der Waals surface area contributed by atoms with Crippen molar-refractivity contribution in [1.29, 1.82) is 0 Å². The summed E-state index contributed by atoms with van der Waals surface area (Å²) in [5.41, 5.74) is 34.1. The molecule has 0 bridgehead atoms. The average Bonchev–Trinajstić information content (AvgIpc) is 3.32. The molecule has 74 heavy (non-hydrogen) atoms. The predicted octanol–water partition coefficient (Wildman–Crippen LogP) is -1.79. The van der Waals surface area contributed by atoms with Gasteiger partial charge < -0.3 is 81.6 Å². The number of guanidine groups is 2. The number of carbonyl (C=O) groups excluding carboxylic acids is 7. The van der Waals surface area contributed by atoms with Gasteiger partial charge in [0.2, 0.25) is 41.4 Å². The molecule has 7 atom stereocenters. The van der Waals surface area contributed by atoms with E-state index in [9.17, 15) is 56.9 Å². The number of aliphatic imine (C=N–C) groups is 2. The molecule has 0 radical (unpaired) electrons. The van der Waals surface area contributed by atoms with Crippen LogP contribution in [0.4, 0.5) is 13.2 Å². The number of rotatable bonds is 30. The summed E-state index contributed by atoms with van der Waals surface area (Å²) >= 11 is 0. The Morgan fingerprint density at radius 3 is 1.30 bits per heavy atom. The van der Waals surface area contributed by atoms with Crippen molar-refractivity contribution in [3.8, 4) is 11.5 Å². The second-order valence-corrected chi connectivity index (χ2v) is 17.0. The first kappa shape index (κ1) is 64.1. The number of primary amides is 1. The maximum atomic E-state index is 14.5. The van der Waals surface area contributed by atoms with E-state index in [0.717, 1.165) is 0 Å². The number of halogens is 3. The molecule has 0 aliphatic carbocycles. The summed E-state index contributed by atoms with van der Waals surface area (Å²) in [5, 5.41) is 43.1. The maximum absolute atomic E-state index is 14.5. The Hall–Kier alpha value is -7.91. The lowest BCUT2D eigenvalue weighted by molar-refractivity contribution is -0.192. The first-order valence-corrected chi connectivity index (χ1v) is 23.4. The first-order chi connectivity index (χ1) is 34.7. The molecule has 0 spiro atoms. The Morgan fingerprint density at radius 1 is 0.568 bits per heavy atom. The molecule has 0 saturated heterocycles. The van der Waals surface area contributed by atoms with Crippen molar-refractivity contribution in [2.75, 3.05) is 19.6 Å². The lowest BCUT2D eigenvalue weighted by Crippen LogP contribution is -2.61. The zero-order chi connectivity index (χ0) is 56.1. The largest absolute Gasteiger partial charge is 0.508 e. The molecule has 0 heterocycles. The van der Waals surface area contributed by atoms with E-state index in [0.29, 0.717) is 36.9 Å². The Morgan fingerprint density at radius 2 is 0.932 bits per heavy atom. The molecule has 21 N–H and O–H groups in total. The fourth-order valence-electron chi connectivity index (χ4n) is 6.76. The maximum Gasteiger partial charge on any atom is 0.490 e. The number of phenols is 2. The Kier molecular flexibility index (Phi) is 28.5. The van der Waals surface area contributed by atoms with E-state index < -0.39 is 95.7 Å². The number of amides is 7. The third-order valence-corrected chi connectivity index (χ3v) is 10.9. The summed E-state index contributed by atoms with van der Waals surface area (Å²) < 4.78 is 31.7. The number of benzene rings is 2. The van der Waals surface area contributed by atoms with Crippen LogP contribution in [0.1, 0.15) is 83.3 Å². The number of phenolic OH excluding ortho intramolecular Hbond substituents is 2. The van der Waals surface area contributed by atoms with Gasteiger partial charge in [0.25, 0.3) is 0 Å². The van der Waals surface area contributed by atoms with E-state index in [-0.39, 0.29) is 81.5 Å². The highest BCUT2D eigenvalue weighted by atomic mass is 19.4. The highest BCUT2D eigenvalue weighted by Crippen LogP contribution is 2.16. The quantitative estimate of drug-likeness (QED) is 0.0233. The van der Waals surface area contributed by atoms with E-state index in [1.54, 1.807) is 6.92 Å². The normalized spacial score (nSPS) is 13.7. The van der Waals surface area contributed by atoms with Gasteiger partial charge in [-0.3, -0.25) is 43.5 Å². The van der Waals surface area contributed by atoms with Crippen LogP contribution in [0.15, 0.2) is 58.5 Å². The standard InChI is InChI=1S/C44H70N14O9.C2HF3O2/c1-4-25(2)36(42(67)54-31(37(46)62)9-5-6-20-45)58-39(64)33(11-8-22-52-44(49)50)55-40(65)34(23-27-12-16-29(60)17-13-27)57-41(66)35(24-28-14-18-30(61)19-15-28)56-38(63)32(53-26(3)59)10-7-21-51-43(47)48;3-2(4,5)1(6)7/h12-19,25,31-36,60-61H,4-11,20-24,45H2,1-3H3,(H2,46,62)(H,53,59)(H,54,67)(H,55,65)(H,56,63)(H,57,66)(H,58,64)(H4,47,48,51)(H4,49,50,52);(H,6,7)/t25-,31-,32-,33-,34-,35-,36-;/m0./s1. The van der Waals surface area contributed by atoms with Gasteiger partial charge in [0.15, 0.2) is 11.9 Å². The number of alkyl halides is 3. The number of nitrogens with two attached hydrogens (primary N) is 6. The van der Waals surface area contributed by atoms with Crippen molar-refractivity contribution in [2.24, 2.45) is 50.3 Å². The van der Waals surface area contributed by atoms with Gasteiger partial charge in [-0.15, -0.1) is 0 Å². The van der Waals surface area contributed by atoms with Crippen LogP contribution < -0.4 is 66.3 Å². The van der Waals surface area contributed by atoms with E-state index in [2.05, 4.69) is 41.9 Å². The van der Waals surface area contributed by atoms with Crippen molar-refractivity contribution in [2.45, 2.75) is 127 Å². The minimum atomic E-state index is -5.08. The topological polar surface area (TPSA) is 450 Å². The van der Waals surface area contributed by atoms with E-state index in [1.807, 2.05) is 6.92 Å². The fourth-order valence-corrected chi connectivity index (χ4v) is 6.76. The Balaban J connectivity index is 0.00000363. The van der Waals surface area contributed by atoms with Gasteiger partial charge in [-0.2, -0.15) is 13.2 Å². The number of carbonyl (C=O) groups is 8. The van der Waals surface area contributed by atoms with Crippen LogP contribution >= 0.6 is 0 Å². The Bertz CT molecular complexity index is 2210. The number of aliphatic carboxylic acids is 1. The predicted molar refractivity (Wildman–Crippen MR) is 266 cm³/mol. The second-order valence-electron chi connectivity index (χ2n) is 17.0. The molecule has 2 aromatic rings. The number of unbranched alkanes of at least 4 members (excludes halogenated alkanes) is 1. The van der Waals surface area contributed by atoms with Crippen molar-refractivity contribution < 1.29 is 66.8 Å². The van der Waals surface area contributed by atoms with Crippen molar-refractivity contribution in [1.82, 2.24) is 31.9 Å². The number of hydrogen-bond acceptors (Lipinski definition) is 13. The van der Waals surface area contributed by atoms with Gasteiger partial charge in [0.05, 0.1) is 0 Å². The number of aromatic hydroxyl groups is 2. The van der Waals surface area contributed by atoms with Crippen LogP contribution in [-0.4, -0.2) is 137 Å². The van der Waals surface area contributed by atoms with Crippen LogP contribution in [0.25, 0.3) is 0 Å². The van der Waals surface area contributed by atoms with Crippen LogP contribution in [-0.2, 0) is 51.2 Å². The highest BCUT2D eigenvalue weighted by molar-refractivity contribution is 5.97. The van der Waals surface area contributed by atoms with E-state index in [1.165, 1.54) is 55.5 Å². The summed E-state index contributed by atoms with van der Waals surface area (Å²) in [6.07, 6.45) is -3.11. The van der Waals surface area contributed by atoms with Gasteiger partial charge >= 0.3 is 12.1 Å². The summed E-state index contributed by atoms with van der Waals surface area (Å²) in [7, 11) is 0. The van der Waals surface area contributed by atoms with Gasteiger partial charge in [-0.1, -0.05) is 44.5 Å². The number of carboxylic acid groups (broad SMARTS) is 1. The number of hydrogen-bond donors (Lipinski definition) is 15. The molecule has 0 fully saturated rings. The minimum absolute atomic E-state index is 0.0423. The van der Waals surface area contributed by atoms with Crippen molar-refractivity contribution in [3.05, 3.63) is 59.7 Å². The lowest BCUT2D eigenvalue weighted by atomic mass is 9.96. The third kappa shape index (κ3) is 26.0. The molecular formula is C46H71F3N14O11. The Labute approximate surface area is 425 Å². The van der Waals surface area contributed by atoms with Crippen molar-refractivity contribution >= 4 is 59.2 Å². The van der Waals surface area contributed by atoms with Gasteiger partial charge in [-0.25, -0.2) is 4.79 Å². The van der Waals surface area contributed by atoms with Crippen LogP contribution in [0.2, 0.25) is 0 Å². The van der Waals surface area contributed by atoms with Crippen LogP contribution in [0.3, 0.4) is 0 Å². The summed E-state index contributed by atoms with van der Waals surface area (Å²) in [4.78, 5) is 112. The van der Waals surface area contributed by atoms with E-state index >= 15 is 0 Å². The zero-order valence-corrected chi connectivity index (χ0v) is 41.5. The summed E-state index contributed by atoms with van der Waals surface area (Å²) in [6, 6.07) is 4.26. The molecule has 7 amide bonds. The lowest BCUT2D eigenvalue weighted by Gasteiger charge is -2.29. The molecule has 412 valence electrons. The van der Waals surface area contributed by atoms with Gasteiger partial charge in [0, 0.05) is 32.9 Å². The summed E-state index contributed by atoms with van der Waals surface area (Å²) in [5.74, 6) is -8.80.